The topological polar surface area (TPSA) is 55.1 Å². The molecular formula is C13H16Cl2N2O. The molecule has 0 saturated heterocycles. The second kappa shape index (κ2) is 5.91. The fourth-order valence-electron chi connectivity index (χ4n) is 2.39. The smallest absolute Gasteiger partial charge is 0.239 e. The van der Waals surface area contributed by atoms with Crippen LogP contribution in [-0.4, -0.2) is 11.9 Å². The van der Waals surface area contributed by atoms with Gasteiger partial charge in [-0.2, -0.15) is 0 Å². The number of benzene rings is 1. The van der Waals surface area contributed by atoms with Gasteiger partial charge in [0.05, 0.1) is 0 Å². The molecule has 98 valence electrons. The van der Waals surface area contributed by atoms with E-state index in [0.717, 1.165) is 12.8 Å². The largest absolute Gasteiger partial charge is 0.368 e. The first-order chi connectivity index (χ1) is 8.58. The molecule has 1 atom stereocenters. The lowest BCUT2D eigenvalue weighted by atomic mass is 10.0. The molecule has 1 unspecified atom stereocenters. The molecule has 1 aromatic carbocycles. The van der Waals surface area contributed by atoms with Crippen LogP contribution in [-0.2, 0) is 4.79 Å². The Morgan fingerprint density at radius 1 is 1.33 bits per heavy atom. The number of halogens is 2. The van der Waals surface area contributed by atoms with Gasteiger partial charge < -0.3 is 5.73 Å². The summed E-state index contributed by atoms with van der Waals surface area (Å²) in [5.41, 5.74) is 6.16. The maximum Gasteiger partial charge on any atom is 0.239 e. The number of rotatable bonds is 4. The molecule has 0 bridgehead atoms. The number of nitrogens with one attached hydrogen (secondary N) is 1. The Morgan fingerprint density at radius 3 is 2.56 bits per heavy atom. The molecule has 0 aromatic heterocycles. The molecule has 1 amide bonds. The lowest BCUT2D eigenvalue weighted by molar-refractivity contribution is -0.120. The predicted molar refractivity (Wildman–Crippen MR) is 73.8 cm³/mol. The Labute approximate surface area is 117 Å². The quantitative estimate of drug-likeness (QED) is 0.894. The first-order valence-electron chi connectivity index (χ1n) is 6.08. The Morgan fingerprint density at radius 2 is 2.00 bits per heavy atom. The summed E-state index contributed by atoms with van der Waals surface area (Å²) in [5.74, 6) is -0.411. The van der Waals surface area contributed by atoms with Gasteiger partial charge in [-0.05, 0) is 30.5 Å². The van der Waals surface area contributed by atoms with Crippen LogP contribution < -0.4 is 11.1 Å². The Hall–Kier alpha value is -0.770. The van der Waals surface area contributed by atoms with Crippen molar-refractivity contribution < 1.29 is 4.79 Å². The van der Waals surface area contributed by atoms with E-state index >= 15 is 0 Å². The molecule has 0 aliphatic heterocycles. The molecule has 5 heteroatoms. The van der Waals surface area contributed by atoms with Crippen molar-refractivity contribution in [2.45, 2.75) is 37.8 Å². The maximum absolute atomic E-state index is 11.6. The highest BCUT2D eigenvalue weighted by Crippen LogP contribution is 2.28. The number of primary amides is 1. The number of carbonyl (C=O) groups is 1. The summed E-state index contributed by atoms with van der Waals surface area (Å²) in [6.07, 6.45) is 4.54. The highest BCUT2D eigenvalue weighted by atomic mass is 35.5. The molecule has 1 aliphatic carbocycles. The number of nitrogens with two attached hydrogens (primary N) is 1. The summed E-state index contributed by atoms with van der Waals surface area (Å²) in [6.45, 7) is 0. The Bertz CT molecular complexity index is 445. The predicted octanol–water partition coefficient (Wildman–Crippen LogP) is 3.05. The summed E-state index contributed by atoms with van der Waals surface area (Å²) in [4.78, 5) is 11.6. The minimum atomic E-state index is -0.544. The van der Waals surface area contributed by atoms with Crippen LogP contribution in [0.5, 0.6) is 0 Å². The zero-order valence-corrected chi connectivity index (χ0v) is 11.5. The molecule has 3 nitrogen and oxygen atoms in total. The minimum absolute atomic E-state index is 0.342. The third-order valence-electron chi connectivity index (χ3n) is 3.32. The van der Waals surface area contributed by atoms with Crippen LogP contribution >= 0.6 is 23.2 Å². The van der Waals surface area contributed by atoms with Crippen LogP contribution in [0.25, 0.3) is 0 Å². The van der Waals surface area contributed by atoms with Gasteiger partial charge in [0.15, 0.2) is 0 Å². The molecule has 18 heavy (non-hydrogen) atoms. The molecule has 1 fully saturated rings. The standard InChI is InChI=1S/C13H16Cl2N2O/c14-8-5-6-10(11(15)7-8)12(13(16)18)17-9-3-1-2-4-9/h5-7,9,12,17H,1-4H2,(H2,16,18). The first-order valence-corrected chi connectivity index (χ1v) is 6.84. The van der Waals surface area contributed by atoms with Crippen molar-refractivity contribution >= 4 is 29.1 Å². The van der Waals surface area contributed by atoms with E-state index in [1.54, 1.807) is 18.2 Å². The first kappa shape index (κ1) is 13.7. The highest BCUT2D eigenvalue weighted by Gasteiger charge is 2.25. The molecule has 1 aliphatic rings. The molecule has 0 spiro atoms. The molecule has 3 N–H and O–H groups in total. The van der Waals surface area contributed by atoms with Gasteiger partial charge in [-0.1, -0.05) is 42.1 Å². The van der Waals surface area contributed by atoms with Gasteiger partial charge in [0.1, 0.15) is 6.04 Å². The van der Waals surface area contributed by atoms with Crippen LogP contribution in [0.15, 0.2) is 18.2 Å². The van der Waals surface area contributed by atoms with Gasteiger partial charge in [-0.3, -0.25) is 10.1 Å². The summed E-state index contributed by atoms with van der Waals surface area (Å²) < 4.78 is 0. The van der Waals surface area contributed by atoms with Crippen molar-refractivity contribution in [3.05, 3.63) is 33.8 Å². The normalized spacial score (nSPS) is 17.9. The lowest BCUT2D eigenvalue weighted by Gasteiger charge is -2.21. The van der Waals surface area contributed by atoms with Crippen molar-refractivity contribution in [2.24, 2.45) is 5.73 Å². The molecule has 1 saturated carbocycles. The van der Waals surface area contributed by atoms with E-state index in [1.165, 1.54) is 12.8 Å². The van der Waals surface area contributed by atoms with E-state index in [1.807, 2.05) is 0 Å². The van der Waals surface area contributed by atoms with Crippen LogP contribution in [0, 0.1) is 0 Å². The minimum Gasteiger partial charge on any atom is -0.368 e. The van der Waals surface area contributed by atoms with E-state index in [2.05, 4.69) is 5.32 Å². The van der Waals surface area contributed by atoms with Crippen molar-refractivity contribution in [3.8, 4) is 0 Å². The number of carbonyl (C=O) groups excluding carboxylic acids is 1. The zero-order valence-electron chi connectivity index (χ0n) is 9.96. The highest BCUT2D eigenvalue weighted by molar-refractivity contribution is 6.35. The average Bonchev–Trinajstić information content (AvgIpc) is 2.79. The third kappa shape index (κ3) is 3.16. The van der Waals surface area contributed by atoms with Gasteiger partial charge in [0, 0.05) is 16.1 Å². The van der Waals surface area contributed by atoms with E-state index in [-0.39, 0.29) is 0 Å². The summed E-state index contributed by atoms with van der Waals surface area (Å²) in [5, 5.41) is 4.31. The van der Waals surface area contributed by atoms with E-state index < -0.39 is 11.9 Å². The second-order valence-electron chi connectivity index (χ2n) is 4.65. The fraction of sp³-hybridized carbons (Fsp3) is 0.462. The number of hydrogen-bond acceptors (Lipinski definition) is 2. The summed E-state index contributed by atoms with van der Waals surface area (Å²) in [7, 11) is 0. The Balaban J connectivity index is 2.20. The average molecular weight is 287 g/mol. The molecule has 1 aromatic rings. The van der Waals surface area contributed by atoms with Gasteiger partial charge in [0.25, 0.3) is 0 Å². The van der Waals surface area contributed by atoms with Gasteiger partial charge >= 0.3 is 0 Å². The van der Waals surface area contributed by atoms with E-state index in [9.17, 15) is 4.79 Å². The fourth-order valence-corrected chi connectivity index (χ4v) is 2.91. The van der Waals surface area contributed by atoms with Crippen LogP contribution in [0.4, 0.5) is 0 Å². The van der Waals surface area contributed by atoms with Crippen molar-refractivity contribution in [1.82, 2.24) is 5.32 Å². The molecule has 0 radical (unpaired) electrons. The third-order valence-corrected chi connectivity index (χ3v) is 3.88. The summed E-state index contributed by atoms with van der Waals surface area (Å²) >= 11 is 12.0. The summed E-state index contributed by atoms with van der Waals surface area (Å²) in [6, 6.07) is 4.90. The second-order valence-corrected chi connectivity index (χ2v) is 5.49. The van der Waals surface area contributed by atoms with Crippen molar-refractivity contribution in [2.75, 3.05) is 0 Å². The van der Waals surface area contributed by atoms with Gasteiger partial charge in [-0.15, -0.1) is 0 Å². The number of hydrogen-bond donors (Lipinski definition) is 2. The van der Waals surface area contributed by atoms with Gasteiger partial charge in [-0.25, -0.2) is 0 Å². The van der Waals surface area contributed by atoms with E-state index in [0.29, 0.717) is 21.7 Å². The maximum atomic E-state index is 11.6. The monoisotopic (exact) mass is 286 g/mol. The van der Waals surface area contributed by atoms with Crippen molar-refractivity contribution in [3.63, 3.8) is 0 Å². The van der Waals surface area contributed by atoms with Crippen LogP contribution in [0.2, 0.25) is 10.0 Å². The van der Waals surface area contributed by atoms with Gasteiger partial charge in [0.2, 0.25) is 5.91 Å². The molecule has 0 heterocycles. The van der Waals surface area contributed by atoms with Crippen molar-refractivity contribution in [1.29, 1.82) is 0 Å². The van der Waals surface area contributed by atoms with Crippen LogP contribution in [0.1, 0.15) is 37.3 Å². The zero-order chi connectivity index (χ0) is 13.1. The van der Waals surface area contributed by atoms with Crippen LogP contribution in [0.3, 0.4) is 0 Å². The SMILES string of the molecule is NC(=O)C(NC1CCCC1)c1ccc(Cl)cc1Cl. The lowest BCUT2D eigenvalue weighted by Crippen LogP contribution is -2.39. The Kier molecular flexibility index (Phi) is 4.49. The molecular weight excluding hydrogens is 271 g/mol. The van der Waals surface area contributed by atoms with E-state index in [4.69, 9.17) is 28.9 Å². The molecule has 2 rings (SSSR count). The number of amides is 1.